The summed E-state index contributed by atoms with van der Waals surface area (Å²) in [5.41, 5.74) is 26.1. The second-order valence-corrected chi connectivity index (χ2v) is 29.3. The van der Waals surface area contributed by atoms with Crippen LogP contribution in [0, 0.1) is 12.7 Å². The maximum Gasteiger partial charge on any atom is 0.123 e. The van der Waals surface area contributed by atoms with Crippen LogP contribution < -0.4 is 0 Å². The van der Waals surface area contributed by atoms with Crippen LogP contribution in [0.3, 0.4) is 0 Å². The van der Waals surface area contributed by atoms with E-state index in [0.717, 1.165) is 126 Å². The average Bonchev–Trinajstić information content (AvgIpc) is 1.64. The van der Waals surface area contributed by atoms with Crippen molar-refractivity contribution in [3.05, 3.63) is 279 Å². The molecule has 0 spiro atoms. The van der Waals surface area contributed by atoms with Crippen molar-refractivity contribution in [1.82, 2.24) is 62.8 Å². The van der Waals surface area contributed by atoms with E-state index in [9.17, 15) is 4.39 Å². The Morgan fingerprint density at radius 3 is 1.09 bits per heavy atom. The lowest BCUT2D eigenvalue weighted by atomic mass is 10.0. The Morgan fingerprint density at radius 1 is 0.356 bits per heavy atom. The molecule has 0 N–H and O–H groups in total. The SMILES string of the molecule is CN1CCCc2c(c3cc(-c4ccncc4)ccc3n2CCc2cccnc2)C1.CN1CCCc2c(c3cc(Br)ccc3n2CCc2cccnc2)C1.CN1CCCc2c(c3cc(F)ccc3n2CCc2cccnc2)C1.Cc1ccc2c(c1)c1c(n2CCc2cccnc2)CCCN(C)C1. The highest BCUT2D eigenvalue weighted by Crippen LogP contribution is 2.37. The molecule has 9 aromatic heterocycles. The number of hydrogen-bond donors (Lipinski definition) is 0. The standard InChI is InChI=1S/C25H26N4.C21H25N3.C20H22BrN3.C20H22FN3/c1-28-14-3-5-24-23(18-28)22-16-21(20-8-12-26-13-9-20)6-7-25(22)29(24)15-10-19-4-2-11-27-17-19;1-16-7-8-21-18(13-16)19-15-23(2)11-4-6-20(19)24(21)12-9-17-5-3-10-22-14-17;2*1-23-10-3-5-19-18(14-23)17-12-16(21)6-7-20(17)24(19)11-8-15-4-2-9-22-13-15/h2,4,6-9,11-13,16-17H,3,5,10,14-15,18H2,1H3;3,5,7-8,10,13-14H,4,6,9,11-12,15H2,1-2H3;2*2,4,6-7,9,12-13H,3,5,8,10-11,14H2,1H3. The van der Waals surface area contributed by atoms with Crippen molar-refractivity contribution in [3.63, 3.8) is 0 Å². The van der Waals surface area contributed by atoms with Crippen molar-refractivity contribution in [2.45, 2.75) is 136 Å². The highest BCUT2D eigenvalue weighted by Gasteiger charge is 2.26. The van der Waals surface area contributed by atoms with E-state index in [-0.39, 0.29) is 5.82 Å². The number of aromatic nitrogens is 9. The normalized spacial score (nSPS) is 15.2. The Labute approximate surface area is 603 Å². The summed E-state index contributed by atoms with van der Waals surface area (Å²) in [6.45, 7) is 14.8. The Balaban J connectivity index is 0.000000115. The summed E-state index contributed by atoms with van der Waals surface area (Å²) in [4.78, 5) is 30.8. The lowest BCUT2D eigenvalue weighted by molar-refractivity contribution is 0.333. The summed E-state index contributed by atoms with van der Waals surface area (Å²) < 4.78 is 25.1. The van der Waals surface area contributed by atoms with E-state index >= 15 is 0 Å². The average molecular weight is 1410 g/mol. The van der Waals surface area contributed by atoms with Crippen LogP contribution in [0.2, 0.25) is 0 Å². The first-order valence-electron chi connectivity index (χ1n) is 36.5. The van der Waals surface area contributed by atoms with Crippen molar-refractivity contribution < 1.29 is 4.39 Å². The first kappa shape index (κ1) is 69.1. The maximum atomic E-state index is 13.8. The number of hydrogen-bond acceptors (Lipinski definition) is 9. The zero-order valence-corrected chi connectivity index (χ0v) is 61.1. The number of nitrogens with zero attached hydrogens (tertiary/aromatic N) is 13. The molecule has 13 heterocycles. The molecule has 0 amide bonds. The molecule has 0 bridgehead atoms. The predicted molar refractivity (Wildman–Crippen MR) is 414 cm³/mol. The van der Waals surface area contributed by atoms with Crippen LogP contribution in [-0.2, 0) is 104 Å². The molecule has 13 aromatic rings. The Hall–Kier alpha value is -8.96. The van der Waals surface area contributed by atoms with Crippen LogP contribution in [0.15, 0.2) is 200 Å². The van der Waals surface area contributed by atoms with Gasteiger partial charge in [0.05, 0.1) is 0 Å². The number of halogens is 2. The lowest BCUT2D eigenvalue weighted by Crippen LogP contribution is -2.17. The van der Waals surface area contributed by atoms with E-state index < -0.39 is 0 Å². The zero-order valence-electron chi connectivity index (χ0n) is 59.5. The number of aryl methyl sites for hydroxylation is 9. The largest absolute Gasteiger partial charge is 0.344 e. The fraction of sp³-hybridized carbons (Fsp3) is 0.337. The molecule has 518 valence electrons. The van der Waals surface area contributed by atoms with Gasteiger partial charge in [-0.15, -0.1) is 0 Å². The van der Waals surface area contributed by atoms with E-state index in [2.05, 4.69) is 205 Å². The Morgan fingerprint density at radius 2 is 0.703 bits per heavy atom. The molecule has 0 fully saturated rings. The van der Waals surface area contributed by atoms with Gasteiger partial charge in [-0.25, -0.2) is 4.39 Å². The fourth-order valence-electron chi connectivity index (χ4n) is 16.2. The van der Waals surface area contributed by atoms with E-state index in [1.165, 1.54) is 151 Å². The minimum absolute atomic E-state index is 0.151. The number of fused-ring (bicyclic) bond motifs is 12. The first-order valence-corrected chi connectivity index (χ1v) is 37.3. The molecule has 4 aromatic carbocycles. The second kappa shape index (κ2) is 32.4. The number of benzene rings is 4. The van der Waals surface area contributed by atoms with Gasteiger partial charge in [0, 0.05) is 185 Å². The zero-order chi connectivity index (χ0) is 69.2. The van der Waals surface area contributed by atoms with Crippen molar-refractivity contribution in [2.75, 3.05) is 54.4 Å². The third kappa shape index (κ3) is 16.2. The molecule has 0 saturated carbocycles. The molecule has 4 aliphatic heterocycles. The summed E-state index contributed by atoms with van der Waals surface area (Å²) in [6, 6.07) is 46.6. The Bertz CT molecular complexity index is 4570. The smallest absolute Gasteiger partial charge is 0.123 e. The number of pyridine rings is 5. The van der Waals surface area contributed by atoms with Gasteiger partial charge < -0.3 is 37.9 Å². The molecular weight excluding hydrogens is 1310 g/mol. The third-order valence-corrected chi connectivity index (χ3v) is 21.6. The van der Waals surface area contributed by atoms with Gasteiger partial charge in [-0.05, 0) is 291 Å². The highest BCUT2D eigenvalue weighted by molar-refractivity contribution is 9.10. The molecule has 0 unspecified atom stereocenters. The predicted octanol–water partition coefficient (Wildman–Crippen LogP) is 16.9. The topological polar surface area (TPSA) is 97.1 Å². The van der Waals surface area contributed by atoms with Crippen LogP contribution in [0.4, 0.5) is 4.39 Å². The molecule has 4 aliphatic rings. The molecule has 15 heteroatoms. The van der Waals surface area contributed by atoms with Gasteiger partial charge >= 0.3 is 0 Å². The van der Waals surface area contributed by atoms with Crippen LogP contribution in [-0.4, -0.2) is 117 Å². The van der Waals surface area contributed by atoms with Crippen molar-refractivity contribution >= 4 is 59.5 Å². The molecule has 101 heavy (non-hydrogen) atoms. The number of rotatable bonds is 13. The monoisotopic (exact) mass is 1410 g/mol. The van der Waals surface area contributed by atoms with Crippen LogP contribution in [0.5, 0.6) is 0 Å². The van der Waals surface area contributed by atoms with Crippen molar-refractivity contribution in [1.29, 1.82) is 0 Å². The molecule has 0 radical (unpaired) electrons. The summed E-state index contributed by atoms with van der Waals surface area (Å²) in [5, 5.41) is 5.32. The van der Waals surface area contributed by atoms with E-state index in [1.807, 2.05) is 86.1 Å². The minimum Gasteiger partial charge on any atom is -0.344 e. The quantitative estimate of drug-likeness (QED) is 0.112. The van der Waals surface area contributed by atoms with Gasteiger partial charge in [0.15, 0.2) is 0 Å². The second-order valence-electron chi connectivity index (χ2n) is 28.4. The summed E-state index contributed by atoms with van der Waals surface area (Å²) >= 11 is 3.65. The molecule has 0 atom stereocenters. The van der Waals surface area contributed by atoms with E-state index in [1.54, 1.807) is 29.6 Å². The van der Waals surface area contributed by atoms with Gasteiger partial charge in [0.25, 0.3) is 0 Å². The van der Waals surface area contributed by atoms with Gasteiger partial charge in [-0.1, -0.05) is 57.9 Å². The molecule has 17 rings (SSSR count). The van der Waals surface area contributed by atoms with Gasteiger partial charge in [0.1, 0.15) is 5.82 Å². The maximum absolute atomic E-state index is 13.8. The van der Waals surface area contributed by atoms with Crippen molar-refractivity contribution in [2.24, 2.45) is 0 Å². The first-order chi connectivity index (χ1) is 49.5. The Kier molecular flexibility index (Phi) is 22.1. The van der Waals surface area contributed by atoms with Gasteiger partial charge in [-0.3, -0.25) is 24.9 Å². The van der Waals surface area contributed by atoms with Gasteiger partial charge in [0.2, 0.25) is 0 Å². The molecule has 0 aliphatic carbocycles. The molecular formula is C86H95BrFN13. The lowest BCUT2D eigenvalue weighted by Gasteiger charge is -2.13. The highest BCUT2D eigenvalue weighted by atomic mass is 79.9. The fourth-order valence-corrected chi connectivity index (χ4v) is 16.5. The van der Waals surface area contributed by atoms with E-state index in [0.29, 0.717) is 0 Å². The molecule has 13 nitrogen and oxygen atoms in total. The van der Waals surface area contributed by atoms with Gasteiger partial charge in [-0.2, -0.15) is 0 Å². The third-order valence-electron chi connectivity index (χ3n) is 21.2. The summed E-state index contributed by atoms with van der Waals surface area (Å²) in [5.74, 6) is -0.151. The van der Waals surface area contributed by atoms with Crippen LogP contribution in [0.1, 0.15) is 98.5 Å². The van der Waals surface area contributed by atoms with E-state index in [4.69, 9.17) is 0 Å². The summed E-state index contributed by atoms with van der Waals surface area (Å²) in [7, 11) is 8.85. The molecule has 0 saturated heterocycles. The van der Waals surface area contributed by atoms with Crippen LogP contribution >= 0.6 is 15.9 Å². The minimum atomic E-state index is -0.151. The summed E-state index contributed by atoms with van der Waals surface area (Å²) in [6.07, 6.45) is 32.3. The van der Waals surface area contributed by atoms with Crippen molar-refractivity contribution in [3.8, 4) is 11.1 Å². The van der Waals surface area contributed by atoms with Crippen LogP contribution in [0.25, 0.3) is 54.7 Å².